The molecule has 0 aliphatic rings. The van der Waals surface area contributed by atoms with Crippen LogP contribution in [-0.4, -0.2) is 11.5 Å². The molecule has 0 bridgehead atoms. The second-order valence-electron chi connectivity index (χ2n) is 2.76. The van der Waals surface area contributed by atoms with E-state index in [-0.39, 0.29) is 0 Å². The van der Waals surface area contributed by atoms with Crippen molar-refractivity contribution in [1.82, 2.24) is 4.98 Å². The predicted octanol–water partition coefficient (Wildman–Crippen LogP) is 2.45. The lowest BCUT2D eigenvalue weighted by Gasteiger charge is -1.87. The third kappa shape index (κ3) is 1.82. The van der Waals surface area contributed by atoms with E-state index in [4.69, 9.17) is 17.3 Å². The third-order valence-corrected chi connectivity index (χ3v) is 3.08. The number of aromatic nitrogens is 1. The first-order chi connectivity index (χ1) is 6.29. The lowest BCUT2D eigenvalue weighted by atomic mass is 10.3. The molecule has 0 fully saturated rings. The van der Waals surface area contributed by atoms with E-state index >= 15 is 0 Å². The van der Waals surface area contributed by atoms with Crippen LogP contribution in [0.5, 0.6) is 0 Å². The maximum atomic E-state index is 5.84. The van der Waals surface area contributed by atoms with Crippen LogP contribution < -0.4 is 5.73 Å². The van der Waals surface area contributed by atoms with E-state index in [0.717, 1.165) is 22.0 Å². The standard InChI is InChI=1S/C9H9ClN2S/c10-6-1-2-8-7(5-6)12-9(13-8)3-4-11/h1-2,5H,3-4,11H2. The molecule has 2 nitrogen and oxygen atoms in total. The predicted molar refractivity (Wildman–Crippen MR) is 57.4 cm³/mol. The highest BCUT2D eigenvalue weighted by molar-refractivity contribution is 7.18. The summed E-state index contributed by atoms with van der Waals surface area (Å²) in [5.41, 5.74) is 6.43. The molecule has 1 aromatic carbocycles. The molecule has 2 rings (SSSR count). The summed E-state index contributed by atoms with van der Waals surface area (Å²) in [5, 5.41) is 1.82. The Bertz CT molecular complexity index is 424. The molecule has 0 amide bonds. The summed E-state index contributed by atoms with van der Waals surface area (Å²) < 4.78 is 1.17. The maximum absolute atomic E-state index is 5.84. The summed E-state index contributed by atoms with van der Waals surface area (Å²) in [7, 11) is 0. The molecule has 13 heavy (non-hydrogen) atoms. The molecule has 0 saturated heterocycles. The maximum Gasteiger partial charge on any atom is 0.0951 e. The van der Waals surface area contributed by atoms with Gasteiger partial charge in [0.15, 0.2) is 0 Å². The van der Waals surface area contributed by atoms with Crippen molar-refractivity contribution in [2.24, 2.45) is 5.73 Å². The van der Waals surface area contributed by atoms with Crippen LogP contribution in [0.15, 0.2) is 18.2 Å². The Morgan fingerprint density at radius 1 is 1.46 bits per heavy atom. The van der Waals surface area contributed by atoms with Crippen LogP contribution in [0.2, 0.25) is 5.02 Å². The summed E-state index contributed by atoms with van der Waals surface area (Å²) >= 11 is 7.53. The van der Waals surface area contributed by atoms with E-state index in [1.807, 2.05) is 18.2 Å². The fraction of sp³-hybridized carbons (Fsp3) is 0.222. The topological polar surface area (TPSA) is 38.9 Å². The zero-order chi connectivity index (χ0) is 9.26. The van der Waals surface area contributed by atoms with Crippen LogP contribution in [0, 0.1) is 0 Å². The molecule has 0 atom stereocenters. The molecule has 0 unspecified atom stereocenters. The molecule has 1 aromatic heterocycles. The summed E-state index contributed by atoms with van der Waals surface area (Å²) in [6.07, 6.45) is 0.844. The van der Waals surface area contributed by atoms with E-state index in [9.17, 15) is 0 Å². The number of hydrogen-bond acceptors (Lipinski definition) is 3. The summed E-state index contributed by atoms with van der Waals surface area (Å²) in [6.45, 7) is 0.646. The number of rotatable bonds is 2. The Hall–Kier alpha value is -0.640. The van der Waals surface area contributed by atoms with Gasteiger partial charge in [0.25, 0.3) is 0 Å². The highest BCUT2D eigenvalue weighted by Crippen LogP contribution is 2.24. The zero-order valence-corrected chi connectivity index (χ0v) is 8.53. The molecule has 0 spiro atoms. The molecule has 68 valence electrons. The molecular weight excluding hydrogens is 204 g/mol. The molecule has 2 N–H and O–H groups in total. The normalized spacial score (nSPS) is 10.9. The van der Waals surface area contributed by atoms with Gasteiger partial charge in [-0.25, -0.2) is 4.98 Å². The van der Waals surface area contributed by atoms with Crippen LogP contribution in [-0.2, 0) is 6.42 Å². The number of nitrogens with zero attached hydrogens (tertiary/aromatic N) is 1. The number of hydrogen-bond donors (Lipinski definition) is 1. The van der Waals surface area contributed by atoms with Crippen LogP contribution in [0.3, 0.4) is 0 Å². The van der Waals surface area contributed by atoms with Gasteiger partial charge in [-0.05, 0) is 24.7 Å². The summed E-state index contributed by atoms with van der Waals surface area (Å²) in [4.78, 5) is 4.42. The fourth-order valence-corrected chi connectivity index (χ4v) is 2.31. The first-order valence-corrected chi connectivity index (χ1v) is 5.24. The van der Waals surface area contributed by atoms with Gasteiger partial charge in [-0.3, -0.25) is 0 Å². The first-order valence-electron chi connectivity index (χ1n) is 4.04. The molecule has 0 radical (unpaired) electrons. The van der Waals surface area contributed by atoms with Gasteiger partial charge >= 0.3 is 0 Å². The first kappa shape index (κ1) is 8.94. The van der Waals surface area contributed by atoms with Gasteiger partial charge in [0.05, 0.1) is 15.2 Å². The smallest absolute Gasteiger partial charge is 0.0951 e. The number of halogens is 1. The SMILES string of the molecule is NCCc1nc2cc(Cl)ccc2s1. The van der Waals surface area contributed by atoms with Crippen molar-refractivity contribution in [3.8, 4) is 0 Å². The van der Waals surface area contributed by atoms with Gasteiger partial charge < -0.3 is 5.73 Å². The number of fused-ring (bicyclic) bond motifs is 1. The molecule has 0 aliphatic heterocycles. The summed E-state index contributed by atoms with van der Waals surface area (Å²) in [5.74, 6) is 0. The van der Waals surface area contributed by atoms with Crippen molar-refractivity contribution < 1.29 is 0 Å². The highest BCUT2D eigenvalue weighted by atomic mass is 35.5. The largest absolute Gasteiger partial charge is 0.330 e. The van der Waals surface area contributed by atoms with Crippen molar-refractivity contribution in [2.45, 2.75) is 6.42 Å². The second kappa shape index (κ2) is 3.62. The van der Waals surface area contributed by atoms with Gasteiger partial charge in [0.1, 0.15) is 0 Å². The van der Waals surface area contributed by atoms with Crippen molar-refractivity contribution in [3.05, 3.63) is 28.2 Å². The van der Waals surface area contributed by atoms with Gasteiger partial charge in [-0.2, -0.15) is 0 Å². The molecule has 2 aromatic rings. The van der Waals surface area contributed by atoms with Crippen molar-refractivity contribution in [1.29, 1.82) is 0 Å². The average Bonchev–Trinajstić information content (AvgIpc) is 2.46. The summed E-state index contributed by atoms with van der Waals surface area (Å²) in [6, 6.07) is 5.76. The van der Waals surface area contributed by atoms with Crippen LogP contribution in [0.1, 0.15) is 5.01 Å². The minimum absolute atomic E-state index is 0.646. The van der Waals surface area contributed by atoms with Gasteiger partial charge in [0, 0.05) is 11.4 Å². The average molecular weight is 213 g/mol. The second-order valence-corrected chi connectivity index (χ2v) is 4.31. The number of nitrogens with two attached hydrogens (primary N) is 1. The molecule has 0 saturated carbocycles. The Morgan fingerprint density at radius 3 is 3.08 bits per heavy atom. The van der Waals surface area contributed by atoms with E-state index in [1.165, 1.54) is 4.70 Å². The Balaban J connectivity index is 2.49. The Morgan fingerprint density at radius 2 is 2.31 bits per heavy atom. The Labute approximate surface area is 85.3 Å². The van der Waals surface area contributed by atoms with Gasteiger partial charge in [0.2, 0.25) is 0 Å². The van der Waals surface area contributed by atoms with Crippen LogP contribution in [0.4, 0.5) is 0 Å². The van der Waals surface area contributed by atoms with Gasteiger partial charge in [-0.1, -0.05) is 11.6 Å². The number of benzene rings is 1. The molecule has 1 heterocycles. The minimum atomic E-state index is 0.646. The number of thiazole rings is 1. The lowest BCUT2D eigenvalue weighted by Crippen LogP contribution is -2.01. The molecular formula is C9H9ClN2S. The van der Waals surface area contributed by atoms with Crippen LogP contribution in [0.25, 0.3) is 10.2 Å². The monoisotopic (exact) mass is 212 g/mol. The molecule has 4 heteroatoms. The van der Waals surface area contributed by atoms with Crippen molar-refractivity contribution in [2.75, 3.05) is 6.54 Å². The fourth-order valence-electron chi connectivity index (χ4n) is 1.18. The van der Waals surface area contributed by atoms with E-state index < -0.39 is 0 Å². The highest BCUT2D eigenvalue weighted by Gasteiger charge is 2.02. The quantitative estimate of drug-likeness (QED) is 0.831. The van der Waals surface area contributed by atoms with E-state index in [2.05, 4.69) is 4.98 Å². The van der Waals surface area contributed by atoms with Crippen LogP contribution >= 0.6 is 22.9 Å². The molecule has 0 aliphatic carbocycles. The Kier molecular flexibility index (Phi) is 2.49. The van der Waals surface area contributed by atoms with Crippen molar-refractivity contribution in [3.63, 3.8) is 0 Å². The lowest BCUT2D eigenvalue weighted by molar-refractivity contribution is 0.958. The van der Waals surface area contributed by atoms with Crippen molar-refractivity contribution >= 4 is 33.2 Å². The third-order valence-electron chi connectivity index (χ3n) is 1.75. The van der Waals surface area contributed by atoms with Gasteiger partial charge in [-0.15, -0.1) is 11.3 Å². The zero-order valence-electron chi connectivity index (χ0n) is 6.96. The minimum Gasteiger partial charge on any atom is -0.330 e. The van der Waals surface area contributed by atoms with E-state index in [1.54, 1.807) is 11.3 Å². The van der Waals surface area contributed by atoms with E-state index in [0.29, 0.717) is 6.54 Å².